The number of aromatic hydroxyl groups is 2. The summed E-state index contributed by atoms with van der Waals surface area (Å²) in [5.41, 5.74) is 1.65. The van der Waals surface area contributed by atoms with Gasteiger partial charge in [0.2, 0.25) is 11.5 Å². The van der Waals surface area contributed by atoms with Crippen LogP contribution in [0.4, 0.5) is 0 Å². The molecule has 0 atom stereocenters. The lowest BCUT2D eigenvalue weighted by molar-refractivity contribution is 0.103. The Bertz CT molecular complexity index is 809. The molecule has 0 unspecified atom stereocenters. The van der Waals surface area contributed by atoms with Gasteiger partial charge in [0.1, 0.15) is 23.7 Å². The fraction of sp³-hybridized carbons (Fsp3) is 0.235. The van der Waals surface area contributed by atoms with Crippen molar-refractivity contribution in [2.24, 2.45) is 0 Å². The molecule has 3 rings (SSSR count). The second-order valence-corrected chi connectivity index (χ2v) is 5.27. The van der Waals surface area contributed by atoms with Crippen molar-refractivity contribution in [1.82, 2.24) is 0 Å². The number of carbonyl (C=O) groups is 1. The third-order valence-electron chi connectivity index (χ3n) is 3.77. The molecule has 2 N–H and O–H groups in total. The first kappa shape index (κ1) is 15.0. The maximum atomic E-state index is 13.0. The summed E-state index contributed by atoms with van der Waals surface area (Å²) in [5.74, 6) is -0.449. The summed E-state index contributed by atoms with van der Waals surface area (Å²) in [5, 5.41) is 20.2. The molecule has 6 nitrogen and oxygen atoms in total. The minimum absolute atomic E-state index is 0.0539. The van der Waals surface area contributed by atoms with Crippen molar-refractivity contribution in [3.05, 3.63) is 40.5 Å². The fourth-order valence-electron chi connectivity index (χ4n) is 2.81. The first-order valence-corrected chi connectivity index (χ1v) is 6.95. The van der Waals surface area contributed by atoms with Gasteiger partial charge in [0.25, 0.3) is 0 Å². The molecule has 0 bridgehead atoms. The van der Waals surface area contributed by atoms with Gasteiger partial charge >= 0.3 is 0 Å². The largest absolute Gasteiger partial charge is 0.507 e. The highest BCUT2D eigenvalue weighted by Gasteiger charge is 2.32. The van der Waals surface area contributed by atoms with Gasteiger partial charge in [-0.1, -0.05) is 6.07 Å². The lowest BCUT2D eigenvalue weighted by Gasteiger charge is -2.15. The number of benzene rings is 2. The SMILES string of the molecule is COc1cc(O)c(OC)c2c1C(=O)c1c(O)cc(C)cc1CO2. The average Bonchev–Trinajstić information content (AvgIpc) is 2.64. The molecule has 2 aromatic rings. The number of rotatable bonds is 2. The van der Waals surface area contributed by atoms with Crippen molar-refractivity contribution < 1.29 is 29.2 Å². The van der Waals surface area contributed by atoms with Crippen LogP contribution in [-0.2, 0) is 6.61 Å². The van der Waals surface area contributed by atoms with E-state index in [0.717, 1.165) is 5.56 Å². The monoisotopic (exact) mass is 316 g/mol. The lowest BCUT2D eigenvalue weighted by atomic mass is 9.95. The normalized spacial score (nSPS) is 12.7. The molecule has 120 valence electrons. The molecule has 1 aliphatic rings. The molecule has 2 aromatic carbocycles. The summed E-state index contributed by atoms with van der Waals surface area (Å²) in [7, 11) is 2.75. The summed E-state index contributed by atoms with van der Waals surface area (Å²) in [6.07, 6.45) is 0. The minimum Gasteiger partial charge on any atom is -0.507 e. The number of carbonyl (C=O) groups excluding carboxylic acids is 1. The zero-order valence-electron chi connectivity index (χ0n) is 13.0. The molecule has 0 fully saturated rings. The van der Waals surface area contributed by atoms with Crippen LogP contribution in [0.1, 0.15) is 27.0 Å². The van der Waals surface area contributed by atoms with Crippen LogP contribution in [0, 0.1) is 6.92 Å². The first-order chi connectivity index (χ1) is 11.0. The van der Waals surface area contributed by atoms with E-state index in [4.69, 9.17) is 14.2 Å². The van der Waals surface area contributed by atoms with Crippen LogP contribution in [-0.4, -0.2) is 30.2 Å². The Hall–Kier alpha value is -2.89. The molecule has 0 saturated heterocycles. The zero-order chi connectivity index (χ0) is 16.7. The molecule has 1 aliphatic heterocycles. The molecular formula is C17H16O6. The molecule has 0 aromatic heterocycles. The number of ether oxygens (including phenoxy) is 3. The quantitative estimate of drug-likeness (QED) is 0.885. The zero-order valence-corrected chi connectivity index (χ0v) is 13.0. The highest BCUT2D eigenvalue weighted by atomic mass is 16.5. The molecule has 23 heavy (non-hydrogen) atoms. The van der Waals surface area contributed by atoms with Crippen LogP contribution in [0.5, 0.6) is 28.7 Å². The van der Waals surface area contributed by atoms with Crippen molar-refractivity contribution in [2.75, 3.05) is 14.2 Å². The molecule has 6 heteroatoms. The minimum atomic E-state index is -0.444. The third-order valence-corrected chi connectivity index (χ3v) is 3.77. The highest BCUT2D eigenvalue weighted by Crippen LogP contribution is 2.48. The van der Waals surface area contributed by atoms with Crippen LogP contribution < -0.4 is 14.2 Å². The van der Waals surface area contributed by atoms with Gasteiger partial charge in [0.15, 0.2) is 11.5 Å². The van der Waals surface area contributed by atoms with E-state index in [1.165, 1.54) is 26.4 Å². The van der Waals surface area contributed by atoms with E-state index in [1.54, 1.807) is 6.07 Å². The van der Waals surface area contributed by atoms with E-state index in [1.807, 2.05) is 6.92 Å². The molecule has 0 aliphatic carbocycles. The predicted octanol–water partition coefficient (Wildman–Crippen LogP) is 2.55. The summed E-state index contributed by atoms with van der Waals surface area (Å²) in [6.45, 7) is 1.88. The van der Waals surface area contributed by atoms with Gasteiger partial charge in [0.05, 0.1) is 19.8 Å². The van der Waals surface area contributed by atoms with E-state index in [0.29, 0.717) is 5.56 Å². The van der Waals surface area contributed by atoms with Crippen molar-refractivity contribution in [3.63, 3.8) is 0 Å². The number of hydrogen-bond donors (Lipinski definition) is 2. The second kappa shape index (κ2) is 5.39. The van der Waals surface area contributed by atoms with E-state index in [-0.39, 0.29) is 46.5 Å². The summed E-state index contributed by atoms with van der Waals surface area (Å²) < 4.78 is 16.1. The molecular weight excluding hydrogens is 300 g/mol. The van der Waals surface area contributed by atoms with Crippen molar-refractivity contribution in [3.8, 4) is 28.7 Å². The summed E-state index contributed by atoms with van der Waals surface area (Å²) in [4.78, 5) is 13.0. The maximum Gasteiger partial charge on any atom is 0.204 e. The van der Waals surface area contributed by atoms with Crippen molar-refractivity contribution in [2.45, 2.75) is 13.5 Å². The van der Waals surface area contributed by atoms with Crippen LogP contribution in [0.15, 0.2) is 18.2 Å². The number of fused-ring (bicyclic) bond motifs is 2. The van der Waals surface area contributed by atoms with E-state index < -0.39 is 5.78 Å². The maximum absolute atomic E-state index is 13.0. The van der Waals surface area contributed by atoms with Crippen molar-refractivity contribution >= 4 is 5.78 Å². The van der Waals surface area contributed by atoms with Crippen LogP contribution in [0.3, 0.4) is 0 Å². The number of aryl methyl sites for hydroxylation is 1. The van der Waals surface area contributed by atoms with Gasteiger partial charge < -0.3 is 24.4 Å². The van der Waals surface area contributed by atoms with Gasteiger partial charge in [-0.3, -0.25) is 4.79 Å². The number of hydrogen-bond acceptors (Lipinski definition) is 6. The number of methoxy groups -OCH3 is 2. The average molecular weight is 316 g/mol. The van der Waals surface area contributed by atoms with E-state index in [2.05, 4.69) is 0 Å². The third kappa shape index (κ3) is 2.23. The Morgan fingerprint density at radius 3 is 2.43 bits per heavy atom. The smallest absolute Gasteiger partial charge is 0.204 e. The predicted molar refractivity (Wildman–Crippen MR) is 81.8 cm³/mol. The molecule has 0 saturated carbocycles. The van der Waals surface area contributed by atoms with Crippen LogP contribution in [0.2, 0.25) is 0 Å². The number of ketones is 1. The Kier molecular flexibility index (Phi) is 3.52. The second-order valence-electron chi connectivity index (χ2n) is 5.27. The Labute approximate surface area is 132 Å². The summed E-state index contributed by atoms with van der Waals surface area (Å²) >= 11 is 0. The Morgan fingerprint density at radius 1 is 1.04 bits per heavy atom. The van der Waals surface area contributed by atoms with E-state index in [9.17, 15) is 15.0 Å². The standard InChI is InChI=1S/C17H16O6/c1-8-4-9-7-23-17-14(15(20)13(9)10(18)5-8)12(21-2)6-11(19)16(17)22-3/h4-6,18-19H,7H2,1-3H3. The highest BCUT2D eigenvalue weighted by molar-refractivity contribution is 6.16. The summed E-state index contributed by atoms with van der Waals surface area (Å²) in [6, 6.07) is 4.58. The fourth-order valence-corrected chi connectivity index (χ4v) is 2.81. The Balaban J connectivity index is 2.33. The van der Waals surface area contributed by atoms with Crippen LogP contribution in [0.25, 0.3) is 0 Å². The van der Waals surface area contributed by atoms with E-state index >= 15 is 0 Å². The van der Waals surface area contributed by atoms with Crippen LogP contribution >= 0.6 is 0 Å². The van der Waals surface area contributed by atoms with Gasteiger partial charge in [-0.2, -0.15) is 0 Å². The van der Waals surface area contributed by atoms with Gasteiger partial charge in [-0.05, 0) is 18.6 Å². The topological polar surface area (TPSA) is 85.2 Å². The first-order valence-electron chi connectivity index (χ1n) is 6.95. The molecule has 0 radical (unpaired) electrons. The number of phenols is 2. The van der Waals surface area contributed by atoms with Gasteiger partial charge in [-0.15, -0.1) is 0 Å². The number of phenolic OH excluding ortho intramolecular Hbond substituents is 2. The Morgan fingerprint density at radius 2 is 1.78 bits per heavy atom. The molecule has 1 heterocycles. The van der Waals surface area contributed by atoms with Gasteiger partial charge in [-0.25, -0.2) is 0 Å². The van der Waals surface area contributed by atoms with Crippen molar-refractivity contribution in [1.29, 1.82) is 0 Å². The lowest BCUT2D eigenvalue weighted by Crippen LogP contribution is -2.06. The molecule has 0 spiro atoms. The van der Waals surface area contributed by atoms with Gasteiger partial charge in [0, 0.05) is 11.6 Å². The molecule has 0 amide bonds.